The molecular formula is C46H46Br2F4N4O2. The van der Waals surface area contributed by atoms with Crippen molar-refractivity contribution < 1.29 is 27.2 Å². The highest BCUT2D eigenvalue weighted by Gasteiger charge is 2.30. The van der Waals surface area contributed by atoms with Crippen molar-refractivity contribution in [2.45, 2.75) is 91.4 Å². The van der Waals surface area contributed by atoms with E-state index in [0.717, 1.165) is 75.7 Å². The van der Waals surface area contributed by atoms with E-state index in [0.29, 0.717) is 40.3 Å². The second-order valence-electron chi connectivity index (χ2n) is 16.0. The first-order chi connectivity index (χ1) is 27.7. The number of carbonyl (C=O) groups excluding carboxylic acids is 2. The Morgan fingerprint density at radius 2 is 1.19 bits per heavy atom. The van der Waals surface area contributed by atoms with E-state index in [4.69, 9.17) is 0 Å². The molecule has 0 aliphatic heterocycles. The lowest BCUT2D eigenvalue weighted by molar-refractivity contribution is -0.125. The predicted octanol–water partition coefficient (Wildman–Crippen LogP) is 10.7. The highest BCUT2D eigenvalue weighted by molar-refractivity contribution is 9.10. The Hall–Kier alpha value is -4.42. The lowest BCUT2D eigenvalue weighted by Crippen LogP contribution is -2.41. The molecule has 2 aromatic heterocycles. The molecule has 6 aromatic rings. The third-order valence-corrected chi connectivity index (χ3v) is 12.4. The Balaban J connectivity index is 0.000000177. The van der Waals surface area contributed by atoms with E-state index in [1.54, 1.807) is 24.3 Å². The summed E-state index contributed by atoms with van der Waals surface area (Å²) in [6, 6.07) is 20.0. The number of fused-ring (bicyclic) bond motifs is 6. The van der Waals surface area contributed by atoms with Crippen molar-refractivity contribution in [1.82, 2.24) is 19.8 Å². The molecule has 2 aliphatic rings. The number of amides is 2. The van der Waals surface area contributed by atoms with Gasteiger partial charge < -0.3 is 19.8 Å². The molecule has 2 N–H and O–H groups in total. The monoisotopic (exact) mass is 920 g/mol. The fourth-order valence-electron chi connectivity index (χ4n) is 8.29. The van der Waals surface area contributed by atoms with Crippen LogP contribution >= 0.6 is 31.9 Å². The number of nitrogens with zero attached hydrogens (tertiary/aromatic N) is 2. The first-order valence-corrected chi connectivity index (χ1v) is 21.3. The number of aromatic nitrogens is 2. The summed E-state index contributed by atoms with van der Waals surface area (Å²) in [5.74, 6) is -1.25. The van der Waals surface area contributed by atoms with Gasteiger partial charge in [-0.25, -0.2) is 17.6 Å². The molecule has 8 rings (SSSR count). The van der Waals surface area contributed by atoms with Crippen molar-refractivity contribution in [3.05, 3.63) is 139 Å². The minimum absolute atomic E-state index is 0.0102. The number of benzene rings is 4. The van der Waals surface area contributed by atoms with Crippen LogP contribution in [-0.4, -0.2) is 33.0 Å². The maximum absolute atomic E-state index is 15.1. The van der Waals surface area contributed by atoms with E-state index in [2.05, 4.69) is 51.6 Å². The number of halogens is 6. The number of hydrogen-bond acceptors (Lipinski definition) is 2. The molecule has 58 heavy (non-hydrogen) atoms. The highest BCUT2D eigenvalue weighted by Crippen LogP contribution is 2.38. The van der Waals surface area contributed by atoms with E-state index in [9.17, 15) is 22.8 Å². The second-order valence-corrected chi connectivity index (χ2v) is 17.7. The van der Waals surface area contributed by atoms with Gasteiger partial charge in [-0.3, -0.25) is 9.59 Å². The molecule has 2 aliphatic carbocycles. The van der Waals surface area contributed by atoms with Gasteiger partial charge in [-0.05, 0) is 141 Å². The van der Waals surface area contributed by atoms with Gasteiger partial charge in [0, 0.05) is 59.2 Å². The van der Waals surface area contributed by atoms with E-state index >= 15 is 4.39 Å². The highest BCUT2D eigenvalue weighted by atomic mass is 79.9. The Morgan fingerprint density at radius 1 is 0.672 bits per heavy atom. The fourth-order valence-corrected chi connectivity index (χ4v) is 8.96. The van der Waals surface area contributed by atoms with Crippen LogP contribution in [0.5, 0.6) is 0 Å². The minimum atomic E-state index is -0.322. The molecule has 2 heterocycles. The van der Waals surface area contributed by atoms with E-state index in [1.807, 2.05) is 52.0 Å². The molecule has 0 fully saturated rings. The Bertz CT molecular complexity index is 2480. The number of nitrogens with one attached hydrogen (secondary N) is 2. The van der Waals surface area contributed by atoms with Gasteiger partial charge in [-0.15, -0.1) is 0 Å². The minimum Gasteiger partial charge on any atom is -0.353 e. The quantitative estimate of drug-likeness (QED) is 0.149. The third kappa shape index (κ3) is 8.78. The molecule has 0 saturated carbocycles. The van der Waals surface area contributed by atoms with Gasteiger partial charge in [-0.1, -0.05) is 52.0 Å². The van der Waals surface area contributed by atoms with Crippen LogP contribution in [0.15, 0.2) is 81.7 Å². The summed E-state index contributed by atoms with van der Waals surface area (Å²) in [6.45, 7) is 8.46. The fraction of sp³-hybridized carbons (Fsp3) is 0.348. The molecule has 2 amide bonds. The van der Waals surface area contributed by atoms with Gasteiger partial charge in [0.1, 0.15) is 23.3 Å². The molecule has 304 valence electrons. The SMILES string of the molecule is CC(C)C(=O)NC1CCc2c(c3c(F)c(Br)ccc3n2Cc2cccc(F)c2)C1.CC(C)C(=O)NC1CCc2c(c3cc(Br)c(F)cc3n2Cc2cccc(F)c2)C1. The van der Waals surface area contributed by atoms with Crippen LogP contribution in [-0.2, 0) is 48.4 Å². The lowest BCUT2D eigenvalue weighted by atomic mass is 9.91. The molecule has 0 radical (unpaired) electrons. The van der Waals surface area contributed by atoms with Crippen LogP contribution in [0.2, 0.25) is 0 Å². The van der Waals surface area contributed by atoms with Crippen molar-refractivity contribution in [2.24, 2.45) is 11.8 Å². The van der Waals surface area contributed by atoms with Crippen molar-refractivity contribution in [3.8, 4) is 0 Å². The summed E-state index contributed by atoms with van der Waals surface area (Å²) in [5, 5.41) is 7.80. The van der Waals surface area contributed by atoms with Crippen LogP contribution in [0.25, 0.3) is 21.8 Å². The van der Waals surface area contributed by atoms with E-state index < -0.39 is 0 Å². The van der Waals surface area contributed by atoms with Gasteiger partial charge in [0.25, 0.3) is 0 Å². The summed E-state index contributed by atoms with van der Waals surface area (Å²) in [6.07, 6.45) is 4.44. The Kier molecular flexibility index (Phi) is 12.5. The average Bonchev–Trinajstić information content (AvgIpc) is 3.64. The molecule has 0 spiro atoms. The number of rotatable bonds is 8. The van der Waals surface area contributed by atoms with Crippen LogP contribution in [0.1, 0.15) is 74.2 Å². The van der Waals surface area contributed by atoms with Gasteiger partial charge in [0.2, 0.25) is 11.8 Å². The van der Waals surface area contributed by atoms with Crippen LogP contribution < -0.4 is 10.6 Å². The topological polar surface area (TPSA) is 68.1 Å². The zero-order valence-electron chi connectivity index (χ0n) is 32.9. The summed E-state index contributed by atoms with van der Waals surface area (Å²) < 4.78 is 61.9. The molecule has 4 aromatic carbocycles. The number of hydrogen-bond donors (Lipinski definition) is 2. The molecule has 2 unspecified atom stereocenters. The summed E-state index contributed by atoms with van der Waals surface area (Å²) in [5.41, 5.74) is 7.55. The van der Waals surface area contributed by atoms with Crippen LogP contribution in [0.3, 0.4) is 0 Å². The van der Waals surface area contributed by atoms with Gasteiger partial charge >= 0.3 is 0 Å². The predicted molar refractivity (Wildman–Crippen MR) is 228 cm³/mol. The van der Waals surface area contributed by atoms with E-state index in [1.165, 1.54) is 24.3 Å². The molecular weight excluding hydrogens is 876 g/mol. The smallest absolute Gasteiger partial charge is 0.222 e. The van der Waals surface area contributed by atoms with Crippen molar-refractivity contribution in [2.75, 3.05) is 0 Å². The second kappa shape index (κ2) is 17.4. The zero-order chi connectivity index (χ0) is 41.4. The average molecular weight is 923 g/mol. The van der Waals surface area contributed by atoms with E-state index in [-0.39, 0.29) is 59.0 Å². The van der Waals surface area contributed by atoms with Gasteiger partial charge in [-0.2, -0.15) is 0 Å². The Morgan fingerprint density at radius 3 is 1.72 bits per heavy atom. The van der Waals surface area contributed by atoms with Gasteiger partial charge in [0.05, 0.1) is 20.0 Å². The molecule has 2 atom stereocenters. The van der Waals surface area contributed by atoms with Crippen molar-refractivity contribution in [3.63, 3.8) is 0 Å². The normalized spacial score (nSPS) is 16.3. The van der Waals surface area contributed by atoms with Gasteiger partial charge in [0.15, 0.2) is 0 Å². The first-order valence-electron chi connectivity index (χ1n) is 19.7. The molecule has 0 bridgehead atoms. The molecule has 12 heteroatoms. The van der Waals surface area contributed by atoms with Crippen LogP contribution in [0, 0.1) is 35.1 Å². The lowest BCUT2D eigenvalue weighted by Gasteiger charge is -2.26. The summed E-state index contributed by atoms with van der Waals surface area (Å²) in [7, 11) is 0. The standard InChI is InChI=1S/2C23H23BrF2N2O/c1-13(2)23(29)27-16-6-8-19-17(11-16)21-20(9-7-18(24)22(21)26)28(19)12-14-4-3-5-15(25)10-14;1-13(2)23(29)27-16-6-7-21-17(9-16)18-10-19(24)20(26)11-22(18)28(21)12-14-4-3-5-15(25)8-14/h3-5,7,9-10,13,16H,6,8,11-12H2,1-2H3,(H,27,29);3-5,8,10-11,13,16H,6-7,9,12H2,1-2H3,(H,27,29). The zero-order valence-corrected chi connectivity index (χ0v) is 36.0. The summed E-state index contributed by atoms with van der Waals surface area (Å²) in [4.78, 5) is 24.3. The maximum atomic E-state index is 15.1. The number of carbonyl (C=O) groups is 2. The Labute approximate surface area is 352 Å². The van der Waals surface area contributed by atoms with Crippen molar-refractivity contribution >= 4 is 65.5 Å². The van der Waals surface area contributed by atoms with Crippen molar-refractivity contribution in [1.29, 1.82) is 0 Å². The molecule has 6 nitrogen and oxygen atoms in total. The first kappa shape index (κ1) is 41.7. The molecule has 0 saturated heterocycles. The maximum Gasteiger partial charge on any atom is 0.222 e. The largest absolute Gasteiger partial charge is 0.353 e. The third-order valence-electron chi connectivity index (χ3n) is 11.2. The van der Waals surface area contributed by atoms with Crippen LogP contribution in [0.4, 0.5) is 17.6 Å². The summed E-state index contributed by atoms with van der Waals surface area (Å²) >= 11 is 6.60.